The van der Waals surface area contributed by atoms with Crippen LogP contribution in [0.3, 0.4) is 0 Å². The highest BCUT2D eigenvalue weighted by molar-refractivity contribution is 6.00. The van der Waals surface area contributed by atoms with Gasteiger partial charge in [0.15, 0.2) is 0 Å². The van der Waals surface area contributed by atoms with Gasteiger partial charge in [-0.15, -0.1) is 0 Å². The molecule has 1 unspecified atom stereocenters. The third kappa shape index (κ3) is 4.06. The quantitative estimate of drug-likeness (QED) is 0.706. The summed E-state index contributed by atoms with van der Waals surface area (Å²) in [5, 5.41) is 0. The summed E-state index contributed by atoms with van der Waals surface area (Å²) in [6, 6.07) is 0. The summed E-state index contributed by atoms with van der Waals surface area (Å²) in [5.74, 6) is 0. The van der Waals surface area contributed by atoms with E-state index in [1.807, 2.05) is 20.8 Å². The van der Waals surface area contributed by atoms with Crippen LogP contribution < -0.4 is 5.73 Å². The highest BCUT2D eigenvalue weighted by Gasteiger charge is 2.17. The third-order valence-corrected chi connectivity index (χ3v) is 1.74. The van der Waals surface area contributed by atoms with Crippen molar-refractivity contribution in [1.82, 2.24) is 0 Å². The van der Waals surface area contributed by atoms with Gasteiger partial charge in [-0.1, -0.05) is 20.8 Å². The Balaban J connectivity index is 0.000000671. The Hall–Kier alpha value is -0.860. The van der Waals surface area contributed by atoms with Gasteiger partial charge in [-0.3, -0.25) is 4.99 Å². The maximum atomic E-state index is 12.9. The third-order valence-electron chi connectivity index (χ3n) is 1.74. The van der Waals surface area contributed by atoms with Gasteiger partial charge in [-0.25, -0.2) is 4.39 Å². The van der Waals surface area contributed by atoms with E-state index >= 15 is 0 Å². The van der Waals surface area contributed by atoms with E-state index in [-0.39, 0.29) is 0 Å². The van der Waals surface area contributed by atoms with Crippen LogP contribution in [0.2, 0.25) is 0 Å². The van der Waals surface area contributed by atoms with Gasteiger partial charge in [0, 0.05) is 18.7 Å². The summed E-state index contributed by atoms with van der Waals surface area (Å²) in [6.07, 6.45) is 2.03. The Morgan fingerprint density at radius 2 is 2.31 bits per heavy atom. The van der Waals surface area contributed by atoms with Gasteiger partial charge in [0.1, 0.15) is 6.17 Å². The molecule has 0 aromatic rings. The van der Waals surface area contributed by atoms with E-state index in [1.54, 1.807) is 6.08 Å². The minimum Gasteiger partial charge on any atom is -0.402 e. The molecule has 0 aromatic heterocycles. The number of halogens is 1. The van der Waals surface area contributed by atoms with Gasteiger partial charge >= 0.3 is 0 Å². The molecule has 0 saturated heterocycles. The van der Waals surface area contributed by atoms with Gasteiger partial charge in [0.05, 0.1) is 5.71 Å². The Bertz CT molecular complexity index is 197. The molecule has 0 radical (unpaired) electrons. The maximum absolute atomic E-state index is 12.9. The summed E-state index contributed by atoms with van der Waals surface area (Å²) in [7, 11) is 0. The highest BCUT2D eigenvalue weighted by Crippen LogP contribution is 2.11. The van der Waals surface area contributed by atoms with E-state index in [1.165, 1.54) is 0 Å². The van der Waals surface area contributed by atoms with Crippen LogP contribution in [0.15, 0.2) is 16.8 Å². The molecule has 0 bridgehead atoms. The smallest absolute Gasteiger partial charge is 0.143 e. The first-order chi connectivity index (χ1) is 6.24. The lowest BCUT2D eigenvalue weighted by molar-refractivity contribution is 0.424. The molecule has 0 saturated carbocycles. The highest BCUT2D eigenvalue weighted by atomic mass is 19.1. The largest absolute Gasteiger partial charge is 0.402 e. The van der Waals surface area contributed by atoms with E-state index < -0.39 is 6.17 Å². The molecule has 0 amide bonds. The molecule has 1 aliphatic rings. The predicted molar refractivity (Wildman–Crippen MR) is 55.7 cm³/mol. The molecule has 76 valence electrons. The number of aliphatic imine (C=N–C) groups is 1. The Morgan fingerprint density at radius 3 is 2.69 bits per heavy atom. The Kier molecular flexibility index (Phi) is 6.20. The second-order valence-corrected chi connectivity index (χ2v) is 2.64. The molecule has 13 heavy (non-hydrogen) atoms. The zero-order valence-electron chi connectivity index (χ0n) is 8.68. The van der Waals surface area contributed by atoms with E-state index in [0.717, 1.165) is 6.42 Å². The molecular formula is C10H19FN2. The second kappa shape index (κ2) is 6.63. The topological polar surface area (TPSA) is 38.4 Å². The average Bonchev–Trinajstić information content (AvgIpc) is 2.55. The van der Waals surface area contributed by atoms with Crippen molar-refractivity contribution in [1.29, 1.82) is 0 Å². The molecule has 2 nitrogen and oxygen atoms in total. The van der Waals surface area contributed by atoms with Crippen LogP contribution in [0.5, 0.6) is 0 Å². The average molecular weight is 186 g/mol. The summed E-state index contributed by atoms with van der Waals surface area (Å²) < 4.78 is 12.9. The summed E-state index contributed by atoms with van der Waals surface area (Å²) in [4.78, 5) is 3.99. The molecule has 0 aromatic carbocycles. The van der Waals surface area contributed by atoms with Gasteiger partial charge in [0.25, 0.3) is 0 Å². The van der Waals surface area contributed by atoms with Gasteiger partial charge in [-0.2, -0.15) is 0 Å². The Morgan fingerprint density at radius 1 is 1.69 bits per heavy atom. The number of hydrogen-bond acceptors (Lipinski definition) is 2. The van der Waals surface area contributed by atoms with Crippen molar-refractivity contribution >= 4 is 5.71 Å². The lowest BCUT2D eigenvalue weighted by Gasteiger charge is -1.99. The fourth-order valence-electron chi connectivity index (χ4n) is 0.982. The van der Waals surface area contributed by atoms with Gasteiger partial charge < -0.3 is 5.73 Å². The number of nitrogens with zero attached hydrogens (tertiary/aromatic N) is 1. The van der Waals surface area contributed by atoms with E-state index in [0.29, 0.717) is 24.4 Å². The Labute approximate surface area is 79.7 Å². The lowest BCUT2D eigenvalue weighted by Crippen LogP contribution is -2.09. The van der Waals surface area contributed by atoms with Gasteiger partial charge in [0.2, 0.25) is 0 Å². The molecule has 2 N–H and O–H groups in total. The molecule has 1 rings (SSSR count). The standard InChI is InChI=1S/C8H13FN2.C2H6/c1-2-6(10)5-8-7(9)3-4-11-8;1-2/h5,7H,2-4,10H2,1H3;1-2H3/b6-5-;. The van der Waals surface area contributed by atoms with Crippen molar-refractivity contribution < 1.29 is 4.39 Å². The fraction of sp³-hybridized carbons (Fsp3) is 0.700. The summed E-state index contributed by atoms with van der Waals surface area (Å²) in [5.41, 5.74) is 6.75. The van der Waals surface area contributed by atoms with Crippen LogP contribution in [0, 0.1) is 0 Å². The fourth-order valence-corrected chi connectivity index (χ4v) is 0.982. The normalized spacial score (nSPS) is 22.0. The van der Waals surface area contributed by atoms with Crippen LogP contribution in [0.4, 0.5) is 4.39 Å². The molecule has 0 fully saturated rings. The van der Waals surface area contributed by atoms with E-state index in [2.05, 4.69) is 4.99 Å². The number of rotatable bonds is 2. The second-order valence-electron chi connectivity index (χ2n) is 2.64. The summed E-state index contributed by atoms with van der Waals surface area (Å²) in [6.45, 7) is 6.54. The number of nitrogens with two attached hydrogens (primary N) is 1. The monoisotopic (exact) mass is 186 g/mol. The lowest BCUT2D eigenvalue weighted by atomic mass is 10.2. The zero-order valence-corrected chi connectivity index (χ0v) is 8.68. The molecule has 1 aliphatic heterocycles. The van der Waals surface area contributed by atoms with Crippen LogP contribution in [0.25, 0.3) is 0 Å². The van der Waals surface area contributed by atoms with Crippen LogP contribution in [-0.2, 0) is 0 Å². The molecular weight excluding hydrogens is 167 g/mol. The molecule has 1 atom stereocenters. The number of allylic oxidation sites excluding steroid dienone is 2. The SMILES string of the molecule is CC.CC/C(N)=C/C1=NCCC1F. The first-order valence-corrected chi connectivity index (χ1v) is 4.88. The number of alkyl halides is 1. The van der Waals surface area contributed by atoms with Crippen molar-refractivity contribution in [3.63, 3.8) is 0 Å². The first kappa shape index (κ1) is 12.1. The van der Waals surface area contributed by atoms with Crippen LogP contribution >= 0.6 is 0 Å². The molecule has 1 heterocycles. The first-order valence-electron chi connectivity index (χ1n) is 4.88. The molecule has 0 aliphatic carbocycles. The predicted octanol–water partition coefficient (Wildman–Crippen LogP) is 2.45. The zero-order chi connectivity index (χ0) is 10.3. The maximum Gasteiger partial charge on any atom is 0.143 e. The van der Waals surface area contributed by atoms with Crippen molar-refractivity contribution in [3.8, 4) is 0 Å². The van der Waals surface area contributed by atoms with Crippen LogP contribution in [0.1, 0.15) is 33.6 Å². The summed E-state index contributed by atoms with van der Waals surface area (Å²) >= 11 is 0. The minimum atomic E-state index is -0.889. The van der Waals surface area contributed by atoms with Crippen molar-refractivity contribution in [2.75, 3.05) is 6.54 Å². The molecule has 3 heteroatoms. The van der Waals surface area contributed by atoms with Crippen molar-refractivity contribution in [2.24, 2.45) is 10.7 Å². The number of hydrogen-bond donors (Lipinski definition) is 1. The van der Waals surface area contributed by atoms with E-state index in [9.17, 15) is 4.39 Å². The van der Waals surface area contributed by atoms with Crippen molar-refractivity contribution in [2.45, 2.75) is 39.8 Å². The van der Waals surface area contributed by atoms with Crippen molar-refractivity contribution in [3.05, 3.63) is 11.8 Å². The van der Waals surface area contributed by atoms with Gasteiger partial charge in [-0.05, 0) is 12.5 Å². The minimum absolute atomic E-state index is 0.517. The van der Waals surface area contributed by atoms with E-state index in [4.69, 9.17) is 5.73 Å². The molecule has 0 spiro atoms. The van der Waals surface area contributed by atoms with Crippen LogP contribution in [-0.4, -0.2) is 18.4 Å².